The first-order valence-corrected chi connectivity index (χ1v) is 12.3. The van der Waals surface area contributed by atoms with Gasteiger partial charge < -0.3 is 4.57 Å². The molecular formula is C22H20Cl2N4OS2. The van der Waals surface area contributed by atoms with Gasteiger partial charge in [0.15, 0.2) is 5.13 Å². The molecule has 0 atom stereocenters. The van der Waals surface area contributed by atoms with E-state index in [-0.39, 0.29) is 5.91 Å². The van der Waals surface area contributed by atoms with Crippen LogP contribution in [-0.4, -0.2) is 32.7 Å². The van der Waals surface area contributed by atoms with Crippen LogP contribution >= 0.6 is 46.3 Å². The summed E-state index contributed by atoms with van der Waals surface area (Å²) in [6.45, 7) is 1.39. The first-order valence-electron chi connectivity index (χ1n) is 9.79. The number of benzene rings is 2. The molecular weight excluding hydrogens is 471 g/mol. The van der Waals surface area contributed by atoms with E-state index in [0.29, 0.717) is 33.9 Å². The van der Waals surface area contributed by atoms with Gasteiger partial charge in [0.25, 0.3) is 0 Å². The Hall–Kier alpha value is -2.06. The zero-order chi connectivity index (χ0) is 21.6. The highest BCUT2D eigenvalue weighted by Gasteiger charge is 2.19. The van der Waals surface area contributed by atoms with Crippen molar-refractivity contribution >= 4 is 67.6 Å². The van der Waals surface area contributed by atoms with E-state index in [9.17, 15) is 4.79 Å². The highest BCUT2D eigenvalue weighted by atomic mass is 35.5. The molecule has 0 spiro atoms. The molecule has 160 valence electrons. The van der Waals surface area contributed by atoms with Gasteiger partial charge in [-0.3, -0.25) is 9.69 Å². The predicted octanol–water partition coefficient (Wildman–Crippen LogP) is 6.41. The van der Waals surface area contributed by atoms with Crippen LogP contribution in [0.15, 0.2) is 66.1 Å². The number of carbonyl (C=O) groups excluding carboxylic acids is 1. The Balaban J connectivity index is 1.44. The Morgan fingerprint density at radius 3 is 2.71 bits per heavy atom. The zero-order valence-corrected chi connectivity index (χ0v) is 19.7. The maximum Gasteiger partial charge on any atom is 0.229 e. The molecule has 0 unspecified atom stereocenters. The van der Waals surface area contributed by atoms with Gasteiger partial charge in [0, 0.05) is 52.6 Å². The number of aromatic nitrogens is 3. The van der Waals surface area contributed by atoms with Crippen LogP contribution in [0.4, 0.5) is 5.13 Å². The minimum absolute atomic E-state index is 0.0669. The second-order valence-corrected chi connectivity index (χ2v) is 9.91. The first kappa shape index (κ1) is 22.1. The van der Waals surface area contributed by atoms with Gasteiger partial charge in [-0.1, -0.05) is 34.5 Å². The lowest BCUT2D eigenvalue weighted by molar-refractivity contribution is -0.118. The molecule has 0 fully saturated rings. The normalized spacial score (nSPS) is 11.2. The molecule has 0 bridgehead atoms. The smallest absolute Gasteiger partial charge is 0.229 e. The van der Waals surface area contributed by atoms with Crippen LogP contribution in [0.5, 0.6) is 0 Å². The molecule has 2 heterocycles. The van der Waals surface area contributed by atoms with Gasteiger partial charge >= 0.3 is 0 Å². The third kappa shape index (κ3) is 6.01. The fraction of sp³-hybridized carbons (Fsp3) is 0.227. The number of nitrogens with zero attached hydrogens (tertiary/aromatic N) is 4. The molecule has 2 aromatic heterocycles. The number of thiazole rings is 1. The standard InChI is InChI=1S/C22H20Cl2N4OS2/c23-16-2-5-18(6-3-16)30-13-8-21(29)28(11-1-10-27-12-9-25-15-27)22-26-19-7-4-17(24)14-20(19)31-22/h2-7,9,12,14-15H,1,8,10-11,13H2. The molecule has 31 heavy (non-hydrogen) atoms. The van der Waals surface area contributed by atoms with E-state index in [0.717, 1.165) is 28.1 Å². The Kier molecular flexibility index (Phi) is 7.50. The summed E-state index contributed by atoms with van der Waals surface area (Å²) in [5, 5.41) is 2.09. The molecule has 2 aromatic carbocycles. The van der Waals surface area contributed by atoms with Crippen molar-refractivity contribution in [3.63, 3.8) is 0 Å². The molecule has 0 aliphatic heterocycles. The summed E-state index contributed by atoms with van der Waals surface area (Å²) in [5.41, 5.74) is 0.854. The molecule has 9 heteroatoms. The topological polar surface area (TPSA) is 51.0 Å². The number of carbonyl (C=O) groups is 1. The van der Waals surface area contributed by atoms with Crippen molar-refractivity contribution in [3.8, 4) is 0 Å². The third-order valence-electron chi connectivity index (χ3n) is 4.63. The van der Waals surface area contributed by atoms with Crippen molar-refractivity contribution in [2.45, 2.75) is 24.3 Å². The summed E-state index contributed by atoms with van der Waals surface area (Å²) >= 11 is 15.2. The second-order valence-electron chi connectivity index (χ2n) is 6.86. The Morgan fingerprint density at radius 2 is 1.94 bits per heavy atom. The molecule has 4 rings (SSSR count). The number of imidazole rings is 1. The molecule has 1 amide bonds. The van der Waals surface area contributed by atoms with E-state index in [1.165, 1.54) is 11.3 Å². The van der Waals surface area contributed by atoms with E-state index in [1.54, 1.807) is 29.2 Å². The van der Waals surface area contributed by atoms with Gasteiger partial charge in [-0.05, 0) is 48.9 Å². The number of halogens is 2. The van der Waals surface area contributed by atoms with E-state index in [2.05, 4.69) is 4.98 Å². The van der Waals surface area contributed by atoms with Crippen LogP contribution in [0.3, 0.4) is 0 Å². The Morgan fingerprint density at radius 1 is 1.13 bits per heavy atom. The lowest BCUT2D eigenvalue weighted by Gasteiger charge is -2.20. The number of fused-ring (bicyclic) bond motifs is 1. The van der Waals surface area contributed by atoms with Crippen molar-refractivity contribution in [3.05, 3.63) is 71.2 Å². The maximum absolute atomic E-state index is 13.1. The minimum Gasteiger partial charge on any atom is -0.337 e. The highest BCUT2D eigenvalue weighted by molar-refractivity contribution is 7.99. The quantitative estimate of drug-likeness (QED) is 0.254. The van der Waals surface area contributed by atoms with E-state index >= 15 is 0 Å². The maximum atomic E-state index is 13.1. The van der Waals surface area contributed by atoms with Crippen molar-refractivity contribution in [2.75, 3.05) is 17.2 Å². The number of hydrogen-bond acceptors (Lipinski definition) is 5. The van der Waals surface area contributed by atoms with E-state index < -0.39 is 0 Å². The van der Waals surface area contributed by atoms with Gasteiger partial charge in [0.2, 0.25) is 5.91 Å². The molecule has 0 saturated heterocycles. The number of aryl methyl sites for hydroxylation is 1. The first-order chi connectivity index (χ1) is 15.1. The number of amides is 1. The summed E-state index contributed by atoms with van der Waals surface area (Å²) < 4.78 is 2.99. The largest absolute Gasteiger partial charge is 0.337 e. The van der Waals surface area contributed by atoms with Gasteiger partial charge in [-0.2, -0.15) is 0 Å². The SMILES string of the molecule is O=C(CCSc1ccc(Cl)cc1)N(CCCn1ccnc1)c1nc2ccc(Cl)cc2s1. The van der Waals surface area contributed by atoms with Crippen LogP contribution < -0.4 is 4.90 Å². The lowest BCUT2D eigenvalue weighted by atomic mass is 10.3. The highest BCUT2D eigenvalue weighted by Crippen LogP contribution is 2.31. The minimum atomic E-state index is 0.0669. The summed E-state index contributed by atoms with van der Waals surface area (Å²) in [4.78, 5) is 24.8. The monoisotopic (exact) mass is 490 g/mol. The molecule has 0 saturated carbocycles. The molecule has 0 aliphatic rings. The van der Waals surface area contributed by atoms with Crippen LogP contribution in [0.2, 0.25) is 10.0 Å². The number of hydrogen-bond donors (Lipinski definition) is 0. The van der Waals surface area contributed by atoms with Crippen molar-refractivity contribution < 1.29 is 4.79 Å². The predicted molar refractivity (Wildman–Crippen MR) is 131 cm³/mol. The lowest BCUT2D eigenvalue weighted by Crippen LogP contribution is -2.32. The molecule has 0 aliphatic carbocycles. The van der Waals surface area contributed by atoms with Crippen molar-refractivity contribution in [1.29, 1.82) is 0 Å². The average molecular weight is 491 g/mol. The van der Waals surface area contributed by atoms with Gasteiger partial charge in [-0.25, -0.2) is 9.97 Å². The Labute approximate surface area is 199 Å². The van der Waals surface area contributed by atoms with Crippen molar-refractivity contribution in [2.24, 2.45) is 0 Å². The summed E-state index contributed by atoms with van der Waals surface area (Å²) in [6.07, 6.45) is 6.70. The summed E-state index contributed by atoms with van der Waals surface area (Å²) in [6, 6.07) is 13.3. The molecule has 5 nitrogen and oxygen atoms in total. The zero-order valence-electron chi connectivity index (χ0n) is 16.6. The fourth-order valence-electron chi connectivity index (χ4n) is 3.08. The van der Waals surface area contributed by atoms with Crippen LogP contribution in [0, 0.1) is 0 Å². The second kappa shape index (κ2) is 10.5. The average Bonchev–Trinajstić information content (AvgIpc) is 3.42. The van der Waals surface area contributed by atoms with E-state index in [4.69, 9.17) is 28.2 Å². The Bertz CT molecular complexity index is 1150. The van der Waals surface area contributed by atoms with Crippen molar-refractivity contribution in [1.82, 2.24) is 14.5 Å². The fourth-order valence-corrected chi connectivity index (χ4v) is 5.33. The van der Waals surface area contributed by atoms with Crippen LogP contribution in [-0.2, 0) is 11.3 Å². The molecule has 0 radical (unpaired) electrons. The number of rotatable bonds is 9. The summed E-state index contributed by atoms with van der Waals surface area (Å²) in [5.74, 6) is 0.757. The van der Waals surface area contributed by atoms with Gasteiger partial charge in [0.1, 0.15) is 0 Å². The molecule has 4 aromatic rings. The van der Waals surface area contributed by atoms with E-state index in [1.807, 2.05) is 53.2 Å². The van der Waals surface area contributed by atoms with Crippen LogP contribution in [0.1, 0.15) is 12.8 Å². The number of anilines is 1. The van der Waals surface area contributed by atoms with Gasteiger partial charge in [-0.15, -0.1) is 11.8 Å². The number of thioether (sulfide) groups is 1. The summed E-state index contributed by atoms with van der Waals surface area (Å²) in [7, 11) is 0. The van der Waals surface area contributed by atoms with Gasteiger partial charge in [0.05, 0.1) is 16.5 Å². The van der Waals surface area contributed by atoms with Crippen LogP contribution in [0.25, 0.3) is 10.2 Å². The molecule has 0 N–H and O–H groups in total. The third-order valence-corrected chi connectivity index (χ3v) is 7.17.